The minimum absolute atomic E-state index is 0.914. The molecule has 0 heterocycles. The van der Waals surface area contributed by atoms with E-state index in [0.717, 1.165) is 23.6 Å². The van der Waals surface area contributed by atoms with Crippen LogP contribution in [0.1, 0.15) is 25.7 Å². The molecule has 9 heavy (non-hydrogen) atoms. The molecule has 2 atom stereocenters. The van der Waals surface area contributed by atoms with Crippen molar-refractivity contribution in [2.45, 2.75) is 25.7 Å². The highest BCUT2D eigenvalue weighted by atomic mass is 35.5. The van der Waals surface area contributed by atoms with Crippen LogP contribution in [0.4, 0.5) is 0 Å². The third-order valence-corrected chi connectivity index (χ3v) is 3.33. The molecule has 52 valence electrons. The predicted octanol–water partition coefficient (Wildman–Crippen LogP) is 2.66. The van der Waals surface area contributed by atoms with Gasteiger partial charge in [-0.2, -0.15) is 0 Å². The monoisotopic (exact) mass is 144 g/mol. The average Bonchev–Trinajstić information content (AvgIpc) is 2.42. The summed E-state index contributed by atoms with van der Waals surface area (Å²) < 4.78 is 0. The first kappa shape index (κ1) is 6.03. The Bertz CT molecular complexity index is 107. The van der Waals surface area contributed by atoms with Gasteiger partial charge in [-0.15, -0.1) is 11.6 Å². The molecule has 0 radical (unpaired) electrons. The van der Waals surface area contributed by atoms with Crippen LogP contribution in [-0.4, -0.2) is 5.88 Å². The zero-order valence-electron chi connectivity index (χ0n) is 5.65. The minimum Gasteiger partial charge on any atom is -0.126 e. The molecule has 0 nitrogen and oxygen atoms in total. The molecule has 2 unspecified atom stereocenters. The number of hydrogen-bond donors (Lipinski definition) is 0. The van der Waals surface area contributed by atoms with Crippen molar-refractivity contribution in [3.05, 3.63) is 0 Å². The van der Waals surface area contributed by atoms with Crippen molar-refractivity contribution in [2.24, 2.45) is 17.8 Å². The lowest BCUT2D eigenvalue weighted by molar-refractivity contribution is 0.268. The fraction of sp³-hybridized carbons (Fsp3) is 1.00. The highest BCUT2D eigenvalue weighted by Gasteiger charge is 2.43. The van der Waals surface area contributed by atoms with Gasteiger partial charge in [0.25, 0.3) is 0 Å². The summed E-state index contributed by atoms with van der Waals surface area (Å²) in [6.07, 6.45) is 5.92. The third-order valence-electron chi connectivity index (χ3n) is 2.93. The summed E-state index contributed by atoms with van der Waals surface area (Å²) in [6.45, 7) is 0. The number of halogens is 1. The van der Waals surface area contributed by atoms with Gasteiger partial charge < -0.3 is 0 Å². The van der Waals surface area contributed by atoms with Crippen LogP contribution in [0.25, 0.3) is 0 Å². The Balaban J connectivity index is 1.76. The van der Waals surface area contributed by atoms with Gasteiger partial charge in [-0.25, -0.2) is 0 Å². The summed E-state index contributed by atoms with van der Waals surface area (Å²) in [4.78, 5) is 0. The number of rotatable bonds is 2. The zero-order valence-corrected chi connectivity index (χ0v) is 6.40. The second kappa shape index (κ2) is 2.16. The Labute approximate surface area is 61.6 Å². The highest BCUT2D eigenvalue weighted by Crippen LogP contribution is 2.51. The lowest BCUT2D eigenvalue weighted by Crippen LogP contribution is -2.14. The van der Waals surface area contributed by atoms with Gasteiger partial charge in [0, 0.05) is 5.88 Å². The lowest BCUT2D eigenvalue weighted by atomic mass is 9.81. The van der Waals surface area contributed by atoms with Gasteiger partial charge in [0.05, 0.1) is 0 Å². The molecule has 0 aromatic rings. The molecular weight excluding hydrogens is 132 g/mol. The Morgan fingerprint density at radius 2 is 2.11 bits per heavy atom. The van der Waals surface area contributed by atoms with E-state index in [9.17, 15) is 0 Å². The van der Waals surface area contributed by atoms with Crippen molar-refractivity contribution in [1.82, 2.24) is 0 Å². The summed E-state index contributed by atoms with van der Waals surface area (Å²) in [5.41, 5.74) is 0. The molecule has 0 N–H and O–H groups in total. The molecule has 2 fully saturated rings. The molecule has 0 aromatic carbocycles. The Kier molecular flexibility index (Phi) is 1.45. The summed E-state index contributed by atoms with van der Waals surface area (Å²) >= 11 is 5.72. The van der Waals surface area contributed by atoms with Crippen molar-refractivity contribution in [3.8, 4) is 0 Å². The summed E-state index contributed by atoms with van der Waals surface area (Å²) in [7, 11) is 0. The molecule has 0 aliphatic heterocycles. The maximum Gasteiger partial charge on any atom is 0.0254 e. The molecule has 2 rings (SSSR count). The van der Waals surface area contributed by atoms with Crippen LogP contribution in [0.3, 0.4) is 0 Å². The maximum absolute atomic E-state index is 5.72. The van der Waals surface area contributed by atoms with Crippen LogP contribution in [0.15, 0.2) is 0 Å². The van der Waals surface area contributed by atoms with E-state index in [0.29, 0.717) is 0 Å². The topological polar surface area (TPSA) is 0 Å². The van der Waals surface area contributed by atoms with Gasteiger partial charge in [0.1, 0.15) is 0 Å². The SMILES string of the molecule is ClCC1CC1C1CCC1. The van der Waals surface area contributed by atoms with E-state index in [2.05, 4.69) is 0 Å². The standard InChI is InChI=1S/C8H13Cl/c9-5-7-4-8(7)6-2-1-3-6/h6-8H,1-5H2. The van der Waals surface area contributed by atoms with Gasteiger partial charge >= 0.3 is 0 Å². The molecule has 0 aromatic heterocycles. The van der Waals surface area contributed by atoms with Crippen molar-refractivity contribution in [2.75, 3.05) is 5.88 Å². The largest absolute Gasteiger partial charge is 0.126 e. The van der Waals surface area contributed by atoms with Crippen LogP contribution in [-0.2, 0) is 0 Å². The van der Waals surface area contributed by atoms with Crippen LogP contribution < -0.4 is 0 Å². The number of hydrogen-bond acceptors (Lipinski definition) is 0. The molecule has 0 spiro atoms. The van der Waals surface area contributed by atoms with E-state index in [-0.39, 0.29) is 0 Å². The molecule has 2 aliphatic rings. The second-order valence-corrected chi connectivity index (χ2v) is 3.81. The smallest absolute Gasteiger partial charge is 0.0254 e. The van der Waals surface area contributed by atoms with Gasteiger partial charge in [0.15, 0.2) is 0 Å². The molecular formula is C8H13Cl. The van der Waals surface area contributed by atoms with Crippen LogP contribution >= 0.6 is 11.6 Å². The second-order valence-electron chi connectivity index (χ2n) is 3.50. The molecule has 2 aliphatic carbocycles. The first-order chi connectivity index (χ1) is 4.42. The van der Waals surface area contributed by atoms with Gasteiger partial charge in [-0.3, -0.25) is 0 Å². The van der Waals surface area contributed by atoms with E-state index in [1.165, 1.54) is 25.7 Å². The molecule has 0 amide bonds. The van der Waals surface area contributed by atoms with E-state index >= 15 is 0 Å². The fourth-order valence-corrected chi connectivity index (χ4v) is 2.25. The summed E-state index contributed by atoms with van der Waals surface area (Å²) in [5.74, 6) is 3.98. The fourth-order valence-electron chi connectivity index (χ4n) is 1.89. The zero-order chi connectivity index (χ0) is 6.27. The van der Waals surface area contributed by atoms with E-state index in [1.54, 1.807) is 0 Å². The number of alkyl halides is 1. The first-order valence-electron chi connectivity index (χ1n) is 3.98. The van der Waals surface area contributed by atoms with Crippen LogP contribution in [0.5, 0.6) is 0 Å². The van der Waals surface area contributed by atoms with Gasteiger partial charge in [-0.05, 0) is 24.2 Å². The molecule has 0 saturated heterocycles. The normalized spacial score (nSPS) is 42.3. The van der Waals surface area contributed by atoms with Crippen molar-refractivity contribution >= 4 is 11.6 Å². The van der Waals surface area contributed by atoms with Crippen LogP contribution in [0, 0.1) is 17.8 Å². The van der Waals surface area contributed by atoms with E-state index in [1.807, 2.05) is 0 Å². The lowest BCUT2D eigenvalue weighted by Gasteiger charge is -2.25. The summed E-state index contributed by atoms with van der Waals surface area (Å²) in [5, 5.41) is 0. The molecule has 2 saturated carbocycles. The third kappa shape index (κ3) is 0.980. The highest BCUT2D eigenvalue weighted by molar-refractivity contribution is 6.18. The van der Waals surface area contributed by atoms with E-state index in [4.69, 9.17) is 11.6 Å². The van der Waals surface area contributed by atoms with Crippen molar-refractivity contribution < 1.29 is 0 Å². The average molecular weight is 145 g/mol. The minimum atomic E-state index is 0.914. The Hall–Kier alpha value is 0.290. The van der Waals surface area contributed by atoms with Crippen molar-refractivity contribution in [1.29, 1.82) is 0 Å². The summed E-state index contributed by atoms with van der Waals surface area (Å²) in [6, 6.07) is 0. The van der Waals surface area contributed by atoms with Gasteiger partial charge in [0.2, 0.25) is 0 Å². The Morgan fingerprint density at radius 3 is 2.44 bits per heavy atom. The van der Waals surface area contributed by atoms with Crippen molar-refractivity contribution in [3.63, 3.8) is 0 Å². The van der Waals surface area contributed by atoms with E-state index < -0.39 is 0 Å². The quantitative estimate of drug-likeness (QED) is 0.523. The molecule has 1 heteroatoms. The van der Waals surface area contributed by atoms with Crippen LogP contribution in [0.2, 0.25) is 0 Å². The maximum atomic E-state index is 5.72. The predicted molar refractivity (Wildman–Crippen MR) is 39.7 cm³/mol. The molecule has 0 bridgehead atoms. The Morgan fingerprint density at radius 1 is 1.33 bits per heavy atom. The first-order valence-corrected chi connectivity index (χ1v) is 4.51. The van der Waals surface area contributed by atoms with Gasteiger partial charge in [-0.1, -0.05) is 19.3 Å².